The molecule has 0 atom stereocenters. The Labute approximate surface area is 183 Å². The van der Waals surface area contributed by atoms with Gasteiger partial charge in [0.1, 0.15) is 0 Å². The van der Waals surface area contributed by atoms with Crippen LogP contribution in [-0.2, 0) is 20.0 Å². The molecule has 0 saturated carbocycles. The summed E-state index contributed by atoms with van der Waals surface area (Å²) in [6, 6.07) is 13.9. The van der Waals surface area contributed by atoms with E-state index in [4.69, 9.17) is 0 Å². The van der Waals surface area contributed by atoms with Crippen LogP contribution in [0, 0.1) is 6.92 Å². The summed E-state index contributed by atoms with van der Waals surface area (Å²) in [6.45, 7) is 4.03. The van der Waals surface area contributed by atoms with Crippen molar-refractivity contribution in [2.45, 2.75) is 19.9 Å². The van der Waals surface area contributed by atoms with Crippen LogP contribution in [0.5, 0.6) is 0 Å². The average molecular weight is 496 g/mol. The van der Waals surface area contributed by atoms with Crippen molar-refractivity contribution in [3.63, 3.8) is 0 Å². The standard InChI is InChI=1S/C23H21IN4O/c1-15-3-6-20(25-13-15)16-7-10-28(23(29)11-16)17-4-5-18-19-8-9-27(24)14-22(19)26(2)21(18)12-17/h3-7,10-13H,8-9,14H2,1-2H3. The number of aryl methyl sites for hydroxylation is 2. The molecule has 0 spiro atoms. The third-order valence-corrected chi connectivity index (χ3v) is 6.58. The molecule has 1 aliphatic rings. The molecule has 0 unspecified atom stereocenters. The largest absolute Gasteiger partial charge is 0.346 e. The van der Waals surface area contributed by atoms with Crippen LogP contribution in [-0.4, -0.2) is 23.8 Å². The molecule has 0 aliphatic carbocycles. The maximum absolute atomic E-state index is 12.9. The van der Waals surface area contributed by atoms with Gasteiger partial charge in [-0.3, -0.25) is 14.3 Å². The molecule has 0 bridgehead atoms. The molecule has 4 aromatic rings. The van der Waals surface area contributed by atoms with E-state index in [-0.39, 0.29) is 5.56 Å². The van der Waals surface area contributed by atoms with E-state index in [1.165, 1.54) is 22.2 Å². The Morgan fingerprint density at radius 3 is 2.72 bits per heavy atom. The first-order valence-electron chi connectivity index (χ1n) is 9.68. The van der Waals surface area contributed by atoms with Gasteiger partial charge in [-0.2, -0.15) is 0 Å². The molecular formula is C23H21IN4O. The van der Waals surface area contributed by atoms with Crippen LogP contribution in [0.25, 0.3) is 27.8 Å². The highest BCUT2D eigenvalue weighted by Gasteiger charge is 2.21. The van der Waals surface area contributed by atoms with Gasteiger partial charge < -0.3 is 4.57 Å². The van der Waals surface area contributed by atoms with Gasteiger partial charge in [-0.05, 0) is 48.7 Å². The van der Waals surface area contributed by atoms with Crippen molar-refractivity contribution in [2.24, 2.45) is 7.05 Å². The number of aromatic nitrogens is 3. The van der Waals surface area contributed by atoms with Crippen LogP contribution >= 0.6 is 22.9 Å². The maximum Gasteiger partial charge on any atom is 0.255 e. The molecule has 1 aromatic carbocycles. The Kier molecular flexibility index (Phi) is 4.55. The number of pyridine rings is 2. The summed E-state index contributed by atoms with van der Waals surface area (Å²) in [5.74, 6) is 0. The van der Waals surface area contributed by atoms with Crippen LogP contribution in [0.15, 0.2) is 59.7 Å². The molecule has 146 valence electrons. The van der Waals surface area contributed by atoms with Crippen molar-refractivity contribution >= 4 is 33.8 Å². The van der Waals surface area contributed by atoms with Gasteiger partial charge in [0.05, 0.1) is 16.9 Å². The fraction of sp³-hybridized carbons (Fsp3) is 0.217. The SMILES string of the molecule is Cc1ccc(-c2ccn(-c3ccc4c5c(n(C)c4c3)CN(I)CC5)c(=O)c2)nc1. The van der Waals surface area contributed by atoms with Crippen molar-refractivity contribution in [1.82, 2.24) is 17.2 Å². The molecule has 0 saturated heterocycles. The van der Waals surface area contributed by atoms with E-state index in [0.717, 1.165) is 42.0 Å². The van der Waals surface area contributed by atoms with Crippen LogP contribution in [0.1, 0.15) is 16.8 Å². The Morgan fingerprint density at radius 2 is 1.97 bits per heavy atom. The van der Waals surface area contributed by atoms with E-state index in [9.17, 15) is 4.79 Å². The highest BCUT2D eigenvalue weighted by molar-refractivity contribution is 14.1. The number of rotatable bonds is 2. The van der Waals surface area contributed by atoms with Gasteiger partial charge in [0, 0.05) is 78.1 Å². The predicted molar refractivity (Wildman–Crippen MR) is 125 cm³/mol. The van der Waals surface area contributed by atoms with Gasteiger partial charge in [-0.1, -0.05) is 12.1 Å². The van der Waals surface area contributed by atoms with E-state index >= 15 is 0 Å². The molecule has 0 fully saturated rings. The second-order valence-corrected chi connectivity index (χ2v) is 8.99. The lowest BCUT2D eigenvalue weighted by Gasteiger charge is -2.21. The van der Waals surface area contributed by atoms with Gasteiger partial charge in [0.15, 0.2) is 0 Å². The van der Waals surface area contributed by atoms with Gasteiger partial charge >= 0.3 is 0 Å². The first-order valence-corrected chi connectivity index (χ1v) is 10.6. The smallest absolute Gasteiger partial charge is 0.255 e. The minimum Gasteiger partial charge on any atom is -0.346 e. The molecule has 5 nitrogen and oxygen atoms in total. The van der Waals surface area contributed by atoms with Gasteiger partial charge in [-0.25, -0.2) is 3.11 Å². The minimum atomic E-state index is -0.0540. The minimum absolute atomic E-state index is 0.0540. The van der Waals surface area contributed by atoms with Gasteiger partial charge in [0.25, 0.3) is 5.56 Å². The summed E-state index contributed by atoms with van der Waals surface area (Å²) in [5, 5.41) is 1.30. The highest BCUT2D eigenvalue weighted by atomic mass is 127. The molecule has 4 heterocycles. The monoisotopic (exact) mass is 496 g/mol. The van der Waals surface area contributed by atoms with E-state index < -0.39 is 0 Å². The quantitative estimate of drug-likeness (QED) is 0.305. The summed E-state index contributed by atoms with van der Waals surface area (Å²) in [5.41, 5.74) is 7.57. The molecule has 0 radical (unpaired) electrons. The fourth-order valence-corrected chi connectivity index (χ4v) is 4.72. The van der Waals surface area contributed by atoms with Gasteiger partial charge in [-0.15, -0.1) is 0 Å². The van der Waals surface area contributed by atoms with Crippen molar-refractivity contribution in [1.29, 1.82) is 0 Å². The molecule has 3 aromatic heterocycles. The normalized spacial score (nSPS) is 14.3. The number of halogens is 1. The fourth-order valence-electron chi connectivity index (χ4n) is 4.15. The zero-order valence-electron chi connectivity index (χ0n) is 16.4. The van der Waals surface area contributed by atoms with E-state index in [0.29, 0.717) is 0 Å². The lowest BCUT2D eigenvalue weighted by atomic mass is 10.0. The van der Waals surface area contributed by atoms with Crippen LogP contribution in [0.4, 0.5) is 0 Å². The molecule has 29 heavy (non-hydrogen) atoms. The molecule has 1 aliphatic heterocycles. The van der Waals surface area contributed by atoms with Crippen molar-refractivity contribution in [3.05, 3.63) is 82.0 Å². The first kappa shape index (κ1) is 18.6. The second kappa shape index (κ2) is 7.11. The Bertz CT molecular complexity index is 1290. The highest BCUT2D eigenvalue weighted by Crippen LogP contribution is 2.32. The maximum atomic E-state index is 12.9. The third kappa shape index (κ3) is 3.20. The van der Waals surface area contributed by atoms with E-state index in [1.807, 2.05) is 43.6 Å². The summed E-state index contributed by atoms with van der Waals surface area (Å²) in [7, 11) is 2.12. The number of hydrogen-bond donors (Lipinski definition) is 0. The number of nitrogens with zero attached hydrogens (tertiary/aromatic N) is 4. The molecule has 5 rings (SSSR count). The zero-order valence-corrected chi connectivity index (χ0v) is 18.6. The Balaban J connectivity index is 1.58. The summed E-state index contributed by atoms with van der Waals surface area (Å²) >= 11 is 2.39. The Hall–Kier alpha value is -2.45. The van der Waals surface area contributed by atoms with Crippen LogP contribution in [0.3, 0.4) is 0 Å². The number of fused-ring (bicyclic) bond motifs is 3. The average Bonchev–Trinajstić information content (AvgIpc) is 2.99. The summed E-state index contributed by atoms with van der Waals surface area (Å²) in [4.78, 5) is 17.3. The summed E-state index contributed by atoms with van der Waals surface area (Å²) in [6.07, 6.45) is 4.73. The second-order valence-electron chi connectivity index (χ2n) is 7.62. The van der Waals surface area contributed by atoms with Gasteiger partial charge in [0.2, 0.25) is 0 Å². The van der Waals surface area contributed by atoms with Crippen molar-refractivity contribution < 1.29 is 0 Å². The summed E-state index contributed by atoms with van der Waals surface area (Å²) < 4.78 is 6.30. The zero-order chi connectivity index (χ0) is 20.1. The Morgan fingerprint density at radius 1 is 1.10 bits per heavy atom. The number of hydrogen-bond acceptors (Lipinski definition) is 3. The molecule has 0 amide bonds. The molecular weight excluding hydrogens is 475 g/mol. The van der Waals surface area contributed by atoms with E-state index in [2.05, 4.69) is 54.7 Å². The molecule has 6 heteroatoms. The van der Waals surface area contributed by atoms with Crippen LogP contribution in [0.2, 0.25) is 0 Å². The first-order chi connectivity index (χ1) is 14.0. The molecule has 0 N–H and O–H groups in total. The van der Waals surface area contributed by atoms with Crippen molar-refractivity contribution in [2.75, 3.05) is 6.54 Å². The van der Waals surface area contributed by atoms with Crippen LogP contribution < -0.4 is 5.56 Å². The predicted octanol–water partition coefficient (Wildman–Crippen LogP) is 4.41. The topological polar surface area (TPSA) is 43.1 Å². The lowest BCUT2D eigenvalue weighted by molar-refractivity contribution is 0.466. The lowest BCUT2D eigenvalue weighted by Crippen LogP contribution is -2.22. The third-order valence-electron chi connectivity index (χ3n) is 5.75. The number of benzene rings is 1. The van der Waals surface area contributed by atoms with Crippen molar-refractivity contribution in [3.8, 4) is 16.9 Å². The van der Waals surface area contributed by atoms with E-state index in [1.54, 1.807) is 10.6 Å².